The number of fused-ring (bicyclic) bond motifs is 4. The van der Waals surface area contributed by atoms with Crippen molar-refractivity contribution in [1.29, 1.82) is 0 Å². The summed E-state index contributed by atoms with van der Waals surface area (Å²) in [5.41, 5.74) is 2.10. The van der Waals surface area contributed by atoms with Crippen LogP contribution in [0.3, 0.4) is 0 Å². The summed E-state index contributed by atoms with van der Waals surface area (Å²) in [4.78, 5) is 12.1. The normalized spacial score (nSPS) is 28.8. The summed E-state index contributed by atoms with van der Waals surface area (Å²) in [5.74, 6) is -0.535. The molecular weight excluding hydrogens is 453 g/mol. The fourth-order valence-corrected chi connectivity index (χ4v) is 6.34. The monoisotopic (exact) mass is 471 g/mol. The molecule has 132 valence electrons. The van der Waals surface area contributed by atoms with Gasteiger partial charge in [-0.3, -0.25) is 5.10 Å². The lowest BCUT2D eigenvalue weighted by Crippen LogP contribution is -2.39. The lowest BCUT2D eigenvalue weighted by molar-refractivity contribution is -0.111. The number of sulfone groups is 1. The lowest BCUT2D eigenvalue weighted by atomic mass is 9.93. The number of aromatic nitrogens is 2. The highest BCUT2D eigenvalue weighted by molar-refractivity contribution is 14.1. The zero-order valence-corrected chi connectivity index (χ0v) is 16.3. The van der Waals surface area contributed by atoms with E-state index in [1.54, 1.807) is 30.5 Å². The summed E-state index contributed by atoms with van der Waals surface area (Å²) in [7, 11) is -3.57. The van der Waals surface area contributed by atoms with E-state index in [1.165, 1.54) is 0 Å². The van der Waals surface area contributed by atoms with Crippen LogP contribution in [0, 0.1) is 9.49 Å². The Balaban J connectivity index is 1.71. The van der Waals surface area contributed by atoms with Crippen molar-refractivity contribution in [3.05, 3.63) is 45.3 Å². The van der Waals surface area contributed by atoms with Crippen molar-refractivity contribution in [2.75, 3.05) is 0 Å². The van der Waals surface area contributed by atoms with Gasteiger partial charge in [-0.2, -0.15) is 5.10 Å². The van der Waals surface area contributed by atoms with Crippen LogP contribution in [0.25, 0.3) is 0 Å². The van der Waals surface area contributed by atoms with Gasteiger partial charge in [0.25, 0.3) is 0 Å². The number of aldehydes is 1. The molecule has 4 atom stereocenters. The van der Waals surface area contributed by atoms with Gasteiger partial charge in [0.1, 0.15) is 6.29 Å². The van der Waals surface area contributed by atoms with Crippen molar-refractivity contribution in [2.24, 2.45) is 5.92 Å². The fraction of sp³-hybridized carbons (Fsp3) is 0.412. The number of benzene rings is 1. The molecule has 0 aliphatic carbocycles. The molecular formula is C17H18IN3O3S. The molecule has 25 heavy (non-hydrogen) atoms. The molecule has 1 aromatic heterocycles. The highest BCUT2D eigenvalue weighted by atomic mass is 127. The van der Waals surface area contributed by atoms with E-state index in [1.807, 2.05) is 0 Å². The first-order chi connectivity index (χ1) is 12.0. The van der Waals surface area contributed by atoms with Gasteiger partial charge in [0, 0.05) is 39.2 Å². The first kappa shape index (κ1) is 17.2. The average molecular weight is 471 g/mol. The average Bonchev–Trinajstić information content (AvgIpc) is 3.00. The summed E-state index contributed by atoms with van der Waals surface area (Å²) in [6, 6.07) is 6.83. The van der Waals surface area contributed by atoms with Crippen LogP contribution in [0.5, 0.6) is 0 Å². The van der Waals surface area contributed by atoms with Gasteiger partial charge >= 0.3 is 0 Å². The molecule has 4 rings (SSSR count). The van der Waals surface area contributed by atoms with Crippen molar-refractivity contribution < 1.29 is 13.2 Å². The molecule has 1 fully saturated rings. The molecule has 0 spiro atoms. The van der Waals surface area contributed by atoms with Gasteiger partial charge in [0.2, 0.25) is 0 Å². The van der Waals surface area contributed by atoms with E-state index in [0.29, 0.717) is 24.2 Å². The molecule has 1 saturated heterocycles. The fourth-order valence-electron chi connectivity index (χ4n) is 3.99. The summed E-state index contributed by atoms with van der Waals surface area (Å²) < 4.78 is 27.4. The predicted octanol–water partition coefficient (Wildman–Crippen LogP) is 2.02. The van der Waals surface area contributed by atoms with E-state index in [9.17, 15) is 13.2 Å². The van der Waals surface area contributed by atoms with Crippen LogP contribution in [0.4, 0.5) is 0 Å². The maximum atomic E-state index is 13.2. The number of halogens is 1. The number of H-pyrrole nitrogens is 1. The Hall–Kier alpha value is -1.26. The van der Waals surface area contributed by atoms with Crippen LogP contribution in [-0.2, 0) is 21.1 Å². The molecule has 2 N–H and O–H groups in total. The van der Waals surface area contributed by atoms with Crippen molar-refractivity contribution in [1.82, 2.24) is 15.5 Å². The SMILES string of the molecule is O=CC1CC2NC(Cc3[nH]ncc32)CC1S(=O)(=O)c1ccc(I)cc1. The molecule has 3 heterocycles. The van der Waals surface area contributed by atoms with Crippen molar-refractivity contribution in [3.8, 4) is 0 Å². The van der Waals surface area contributed by atoms with E-state index >= 15 is 0 Å². The van der Waals surface area contributed by atoms with Crippen molar-refractivity contribution >= 4 is 38.7 Å². The van der Waals surface area contributed by atoms with Crippen LogP contribution >= 0.6 is 22.6 Å². The predicted molar refractivity (Wildman–Crippen MR) is 101 cm³/mol. The van der Waals surface area contributed by atoms with Crippen LogP contribution in [0.1, 0.15) is 30.1 Å². The molecule has 2 bridgehead atoms. The standard InChI is InChI=1S/C17H18IN3O3S/c18-11-1-3-13(4-2-11)25(23,24)17-7-12-6-16-14(8-19-21-16)15(20-12)5-10(17)9-22/h1-4,8-10,12,15,17,20H,5-7H2,(H,19,21). The first-order valence-corrected chi connectivity index (χ1v) is 10.8. The molecule has 2 aliphatic heterocycles. The largest absolute Gasteiger partial charge is 0.307 e. The molecule has 0 amide bonds. The van der Waals surface area contributed by atoms with Crippen LogP contribution in [-0.4, -0.2) is 36.2 Å². The molecule has 0 saturated carbocycles. The van der Waals surface area contributed by atoms with Gasteiger partial charge < -0.3 is 10.1 Å². The number of hydrogen-bond donors (Lipinski definition) is 2. The lowest BCUT2D eigenvalue weighted by Gasteiger charge is -2.28. The van der Waals surface area contributed by atoms with Gasteiger partial charge in [0.05, 0.1) is 16.3 Å². The Morgan fingerprint density at radius 2 is 1.96 bits per heavy atom. The Bertz CT molecular complexity index is 894. The second kappa shape index (κ2) is 6.48. The third-order valence-electron chi connectivity index (χ3n) is 5.23. The van der Waals surface area contributed by atoms with Crippen molar-refractivity contribution in [3.63, 3.8) is 0 Å². The van der Waals surface area contributed by atoms with Crippen LogP contribution in [0.15, 0.2) is 35.4 Å². The molecule has 2 aromatic rings. The smallest absolute Gasteiger partial charge is 0.181 e. The van der Waals surface area contributed by atoms with Gasteiger partial charge in [0.15, 0.2) is 9.84 Å². The van der Waals surface area contributed by atoms with Crippen LogP contribution < -0.4 is 5.32 Å². The summed E-state index contributed by atoms with van der Waals surface area (Å²) >= 11 is 2.15. The summed E-state index contributed by atoms with van der Waals surface area (Å²) in [5, 5.41) is 9.90. The molecule has 8 heteroatoms. The Morgan fingerprint density at radius 1 is 1.20 bits per heavy atom. The Kier molecular flexibility index (Phi) is 4.45. The van der Waals surface area contributed by atoms with E-state index in [4.69, 9.17) is 0 Å². The quantitative estimate of drug-likeness (QED) is 0.528. The minimum Gasteiger partial charge on any atom is -0.307 e. The van der Waals surface area contributed by atoms with Gasteiger partial charge in [-0.05, 0) is 59.7 Å². The third kappa shape index (κ3) is 3.04. The Morgan fingerprint density at radius 3 is 2.68 bits per heavy atom. The molecule has 2 aliphatic rings. The zero-order valence-electron chi connectivity index (χ0n) is 13.4. The molecule has 0 radical (unpaired) electrons. The van der Waals surface area contributed by atoms with E-state index in [-0.39, 0.29) is 12.1 Å². The van der Waals surface area contributed by atoms with Gasteiger partial charge in [-0.1, -0.05) is 0 Å². The maximum Gasteiger partial charge on any atom is 0.181 e. The number of carbonyl (C=O) groups is 1. The molecule has 6 nitrogen and oxygen atoms in total. The van der Waals surface area contributed by atoms with E-state index in [2.05, 4.69) is 38.1 Å². The number of hydrogen-bond acceptors (Lipinski definition) is 5. The zero-order chi connectivity index (χ0) is 17.6. The Labute approximate surface area is 159 Å². The van der Waals surface area contributed by atoms with E-state index < -0.39 is 21.0 Å². The highest BCUT2D eigenvalue weighted by Gasteiger charge is 2.43. The third-order valence-corrected chi connectivity index (χ3v) is 8.22. The minimum absolute atomic E-state index is 0.0199. The van der Waals surface area contributed by atoms with Crippen LogP contribution in [0.2, 0.25) is 0 Å². The first-order valence-electron chi connectivity index (χ1n) is 8.22. The summed E-state index contributed by atoms with van der Waals surface area (Å²) in [6.07, 6.45) is 4.19. The maximum absolute atomic E-state index is 13.2. The van der Waals surface area contributed by atoms with Gasteiger partial charge in [-0.15, -0.1) is 0 Å². The van der Waals surface area contributed by atoms with Crippen molar-refractivity contribution in [2.45, 2.75) is 41.5 Å². The topological polar surface area (TPSA) is 91.9 Å². The number of aromatic amines is 1. The second-order valence-electron chi connectivity index (χ2n) is 6.73. The number of carbonyl (C=O) groups excluding carboxylic acids is 1. The molecule has 4 unspecified atom stereocenters. The van der Waals surface area contributed by atoms with E-state index in [0.717, 1.165) is 21.1 Å². The minimum atomic E-state index is -3.57. The number of nitrogens with zero attached hydrogens (tertiary/aromatic N) is 1. The molecule has 1 aromatic carbocycles. The summed E-state index contributed by atoms with van der Waals surface area (Å²) in [6.45, 7) is 0. The second-order valence-corrected chi connectivity index (χ2v) is 10.1. The van der Waals surface area contributed by atoms with Gasteiger partial charge in [-0.25, -0.2) is 8.42 Å². The number of rotatable bonds is 3. The number of nitrogens with one attached hydrogen (secondary N) is 2. The highest BCUT2D eigenvalue weighted by Crippen LogP contribution is 2.38.